The average Bonchev–Trinajstić information content (AvgIpc) is 2.90. The zero-order chi connectivity index (χ0) is 15.7. The van der Waals surface area contributed by atoms with Crippen LogP contribution in [0, 0.1) is 19.3 Å². The topological polar surface area (TPSA) is 58.7 Å². The number of ketones is 1. The van der Waals surface area contributed by atoms with Crippen molar-refractivity contribution in [2.24, 2.45) is 0 Å². The lowest BCUT2D eigenvalue weighted by Crippen LogP contribution is -2.12. The minimum absolute atomic E-state index is 0.149. The Morgan fingerprint density at radius 3 is 2.14 bits per heavy atom. The Kier molecular flexibility index (Phi) is 3.73. The van der Waals surface area contributed by atoms with Crippen LogP contribution in [0.4, 0.5) is 0 Å². The van der Waals surface area contributed by atoms with E-state index in [0.29, 0.717) is 10.6 Å². The fourth-order valence-electron chi connectivity index (χ4n) is 2.07. The smallest absolute Gasteiger partial charge is 0.223 e. The first-order valence-electron chi connectivity index (χ1n) is 6.88. The summed E-state index contributed by atoms with van der Waals surface area (Å²) in [5.41, 5.74) is 3.62. The van der Waals surface area contributed by atoms with Crippen molar-refractivity contribution in [3.8, 4) is 5.69 Å². The zero-order valence-electron chi connectivity index (χ0n) is 12.3. The van der Waals surface area contributed by atoms with E-state index in [1.54, 1.807) is 12.1 Å². The highest BCUT2D eigenvalue weighted by molar-refractivity contribution is 7.11. The molecule has 0 aliphatic heterocycles. The highest BCUT2D eigenvalue weighted by Crippen LogP contribution is 2.13. The average molecular weight is 309 g/mol. The van der Waals surface area contributed by atoms with Crippen LogP contribution in [0.15, 0.2) is 48.5 Å². The van der Waals surface area contributed by atoms with Crippen molar-refractivity contribution in [1.82, 2.24) is 9.78 Å². The second-order valence-corrected chi connectivity index (χ2v) is 6.13. The molecule has 1 heterocycles. The van der Waals surface area contributed by atoms with Crippen LogP contribution < -0.4 is 4.80 Å². The number of benzene rings is 2. The van der Waals surface area contributed by atoms with Gasteiger partial charge in [0, 0.05) is 5.56 Å². The van der Waals surface area contributed by atoms with Crippen molar-refractivity contribution in [2.45, 2.75) is 13.8 Å². The van der Waals surface area contributed by atoms with Crippen LogP contribution in [0.2, 0.25) is 0 Å². The molecule has 0 fully saturated rings. The van der Waals surface area contributed by atoms with Gasteiger partial charge in [-0.1, -0.05) is 58.9 Å². The zero-order valence-corrected chi connectivity index (χ0v) is 13.1. The Labute approximate surface area is 132 Å². The number of nitrogens with zero attached hydrogens (tertiary/aromatic N) is 2. The van der Waals surface area contributed by atoms with E-state index in [4.69, 9.17) is 5.41 Å². The van der Waals surface area contributed by atoms with Gasteiger partial charge in [-0.15, -0.1) is 0 Å². The molecule has 4 nitrogen and oxygen atoms in total. The normalized spacial score (nSPS) is 10.6. The van der Waals surface area contributed by atoms with Crippen LogP contribution in [-0.2, 0) is 0 Å². The van der Waals surface area contributed by atoms with E-state index in [0.717, 1.165) is 28.2 Å². The first-order valence-corrected chi connectivity index (χ1v) is 7.69. The molecule has 0 radical (unpaired) electrons. The summed E-state index contributed by atoms with van der Waals surface area (Å²) in [5.74, 6) is -0.149. The van der Waals surface area contributed by atoms with E-state index in [1.165, 1.54) is 4.68 Å². The number of hydrogen-bond donors (Lipinski definition) is 1. The van der Waals surface area contributed by atoms with E-state index < -0.39 is 0 Å². The maximum Gasteiger partial charge on any atom is 0.223 e. The van der Waals surface area contributed by atoms with Gasteiger partial charge in [-0.05, 0) is 26.0 Å². The predicted octanol–water partition coefficient (Wildman–Crippen LogP) is 3.26. The molecule has 0 aliphatic carbocycles. The third-order valence-electron chi connectivity index (χ3n) is 3.36. The summed E-state index contributed by atoms with van der Waals surface area (Å²) in [7, 11) is 0. The summed E-state index contributed by atoms with van der Waals surface area (Å²) >= 11 is 1.09. The molecule has 1 aromatic heterocycles. The van der Waals surface area contributed by atoms with Crippen molar-refractivity contribution < 1.29 is 4.79 Å². The fraction of sp³-hybridized carbons (Fsp3) is 0.118. The molecular formula is C17H15N3OS. The van der Waals surface area contributed by atoms with Crippen molar-refractivity contribution in [3.63, 3.8) is 0 Å². The van der Waals surface area contributed by atoms with E-state index in [-0.39, 0.29) is 10.6 Å². The van der Waals surface area contributed by atoms with Crippen molar-refractivity contribution in [1.29, 1.82) is 5.41 Å². The molecule has 0 spiro atoms. The third kappa shape index (κ3) is 2.76. The first kappa shape index (κ1) is 14.4. The van der Waals surface area contributed by atoms with Crippen LogP contribution in [0.25, 0.3) is 5.69 Å². The monoisotopic (exact) mass is 309 g/mol. The summed E-state index contributed by atoms with van der Waals surface area (Å²) in [6.07, 6.45) is 0. The van der Waals surface area contributed by atoms with Gasteiger partial charge in [0.15, 0.2) is 5.01 Å². The summed E-state index contributed by atoms with van der Waals surface area (Å²) in [4.78, 5) is 12.7. The predicted molar refractivity (Wildman–Crippen MR) is 86.6 cm³/mol. The molecule has 0 aliphatic rings. The fourth-order valence-corrected chi connectivity index (χ4v) is 2.82. The Balaban J connectivity index is 1.98. The molecule has 0 bridgehead atoms. The van der Waals surface area contributed by atoms with E-state index >= 15 is 0 Å². The maximum absolute atomic E-state index is 12.5. The van der Waals surface area contributed by atoms with Gasteiger partial charge >= 0.3 is 0 Å². The second kappa shape index (κ2) is 5.69. The first-order chi connectivity index (χ1) is 10.5. The lowest BCUT2D eigenvalue weighted by atomic mass is 10.1. The molecule has 0 saturated heterocycles. The van der Waals surface area contributed by atoms with Crippen LogP contribution in [0.3, 0.4) is 0 Å². The quantitative estimate of drug-likeness (QED) is 0.755. The van der Waals surface area contributed by atoms with Crippen LogP contribution in [-0.4, -0.2) is 15.6 Å². The molecule has 2 aromatic carbocycles. The lowest BCUT2D eigenvalue weighted by Gasteiger charge is -2.01. The van der Waals surface area contributed by atoms with Gasteiger partial charge in [-0.25, -0.2) is 4.68 Å². The summed E-state index contributed by atoms with van der Waals surface area (Å²) in [6, 6.07) is 15.1. The third-order valence-corrected chi connectivity index (χ3v) is 4.19. The van der Waals surface area contributed by atoms with Gasteiger partial charge in [0.1, 0.15) is 0 Å². The van der Waals surface area contributed by atoms with Crippen LogP contribution in [0.5, 0.6) is 0 Å². The Hall–Kier alpha value is -2.53. The minimum Gasteiger partial charge on any atom is -0.286 e. The molecule has 110 valence electrons. The summed E-state index contributed by atoms with van der Waals surface area (Å²) in [6.45, 7) is 3.98. The van der Waals surface area contributed by atoms with Gasteiger partial charge in [-0.2, -0.15) is 5.10 Å². The van der Waals surface area contributed by atoms with Gasteiger partial charge in [-0.3, -0.25) is 10.2 Å². The number of hydrogen-bond acceptors (Lipinski definition) is 4. The molecule has 0 unspecified atom stereocenters. The molecule has 3 rings (SSSR count). The van der Waals surface area contributed by atoms with Gasteiger partial charge in [0.2, 0.25) is 10.6 Å². The molecule has 3 aromatic rings. The standard InChI is InChI=1S/C17H15N3OS/c1-11-3-7-13(8-4-11)15(21)16-19-20(17(18)22-16)14-9-5-12(2)6-10-14/h3-10,18H,1-2H3. The lowest BCUT2D eigenvalue weighted by molar-refractivity contribution is 0.103. The molecule has 22 heavy (non-hydrogen) atoms. The number of carbonyl (C=O) groups excluding carboxylic acids is 1. The van der Waals surface area contributed by atoms with Gasteiger partial charge in [0.05, 0.1) is 5.69 Å². The molecule has 1 N–H and O–H groups in total. The highest BCUT2D eigenvalue weighted by atomic mass is 32.1. The van der Waals surface area contributed by atoms with E-state index in [1.807, 2.05) is 50.2 Å². The van der Waals surface area contributed by atoms with Gasteiger partial charge < -0.3 is 0 Å². The maximum atomic E-state index is 12.5. The summed E-state index contributed by atoms with van der Waals surface area (Å²) < 4.78 is 1.49. The highest BCUT2D eigenvalue weighted by Gasteiger charge is 2.15. The Morgan fingerprint density at radius 1 is 1.00 bits per heavy atom. The van der Waals surface area contributed by atoms with Crippen molar-refractivity contribution in [3.05, 3.63) is 75.0 Å². The van der Waals surface area contributed by atoms with Gasteiger partial charge in [0.25, 0.3) is 0 Å². The summed E-state index contributed by atoms with van der Waals surface area (Å²) in [5, 5.41) is 12.7. The Bertz CT molecular complexity index is 874. The number of aromatic nitrogens is 2. The molecule has 0 atom stereocenters. The molecule has 0 amide bonds. The van der Waals surface area contributed by atoms with Crippen molar-refractivity contribution >= 4 is 17.1 Å². The SMILES string of the molecule is Cc1ccc(C(=O)c2nn(-c3ccc(C)cc3)c(=N)s2)cc1. The number of aryl methyl sites for hydroxylation is 2. The molecular weight excluding hydrogens is 294 g/mol. The van der Waals surface area contributed by atoms with E-state index in [9.17, 15) is 4.79 Å². The largest absolute Gasteiger partial charge is 0.286 e. The number of nitrogens with one attached hydrogen (secondary N) is 1. The van der Waals surface area contributed by atoms with E-state index in [2.05, 4.69) is 5.10 Å². The minimum atomic E-state index is -0.149. The van der Waals surface area contributed by atoms with Crippen LogP contribution >= 0.6 is 11.3 Å². The molecule has 0 saturated carbocycles. The second-order valence-electron chi connectivity index (χ2n) is 5.15. The van der Waals surface area contributed by atoms with Crippen molar-refractivity contribution in [2.75, 3.05) is 0 Å². The Morgan fingerprint density at radius 2 is 1.55 bits per heavy atom. The number of rotatable bonds is 3. The molecule has 5 heteroatoms. The number of carbonyl (C=O) groups is 1. The van der Waals surface area contributed by atoms with Crippen LogP contribution in [0.1, 0.15) is 26.5 Å².